The summed E-state index contributed by atoms with van der Waals surface area (Å²) in [6, 6.07) is 12.9. The summed E-state index contributed by atoms with van der Waals surface area (Å²) < 4.78 is 18.4. The molecule has 0 radical (unpaired) electrons. The van der Waals surface area contributed by atoms with Crippen LogP contribution < -0.4 is 5.11 Å². The Morgan fingerprint density at radius 3 is 2.56 bits per heavy atom. The molecule has 0 aliphatic carbocycles. The molecule has 0 unspecified atom stereocenters. The first-order valence-corrected chi connectivity index (χ1v) is 8.10. The highest BCUT2D eigenvalue weighted by Gasteiger charge is 2.12. The topological polar surface area (TPSA) is 79.0 Å². The van der Waals surface area contributed by atoms with Gasteiger partial charge in [0.25, 0.3) is 5.22 Å². The Morgan fingerprint density at radius 1 is 1.16 bits per heavy atom. The molecule has 0 aliphatic heterocycles. The second-order valence-corrected chi connectivity index (χ2v) is 6.13. The van der Waals surface area contributed by atoms with Crippen LogP contribution in [0.1, 0.15) is 11.1 Å². The lowest BCUT2D eigenvalue weighted by Gasteiger charge is -2.07. The van der Waals surface area contributed by atoms with Crippen LogP contribution in [0.25, 0.3) is 17.5 Å². The van der Waals surface area contributed by atoms with Gasteiger partial charge in [0.15, 0.2) is 0 Å². The first-order chi connectivity index (χ1) is 12.0. The van der Waals surface area contributed by atoms with Crippen molar-refractivity contribution in [3.63, 3.8) is 0 Å². The van der Waals surface area contributed by atoms with E-state index in [0.717, 1.165) is 22.9 Å². The highest BCUT2D eigenvalue weighted by Crippen LogP contribution is 2.30. The van der Waals surface area contributed by atoms with Crippen LogP contribution >= 0.6 is 11.8 Å². The van der Waals surface area contributed by atoms with E-state index in [1.54, 1.807) is 6.07 Å². The summed E-state index contributed by atoms with van der Waals surface area (Å²) in [7, 11) is 0. The maximum Gasteiger partial charge on any atom is 0.281 e. The number of carboxylic acids is 1. The highest BCUT2D eigenvalue weighted by atomic mass is 32.2. The second kappa shape index (κ2) is 7.31. The van der Waals surface area contributed by atoms with E-state index in [9.17, 15) is 14.3 Å². The number of aromatic nitrogens is 2. The lowest BCUT2D eigenvalue weighted by molar-refractivity contribution is -0.298. The number of aliphatic carboxylic acids is 1. The number of benzene rings is 2. The van der Waals surface area contributed by atoms with Gasteiger partial charge in [0.2, 0.25) is 5.89 Å². The van der Waals surface area contributed by atoms with Crippen LogP contribution in [0, 0.1) is 12.7 Å². The molecule has 0 spiro atoms. The lowest BCUT2D eigenvalue weighted by atomic mass is 10.1. The summed E-state index contributed by atoms with van der Waals surface area (Å²) in [6.07, 6.45) is 1.50. The van der Waals surface area contributed by atoms with Crippen LogP contribution in [-0.4, -0.2) is 16.2 Å². The maximum atomic E-state index is 13.0. The van der Waals surface area contributed by atoms with Gasteiger partial charge in [-0.1, -0.05) is 24.3 Å². The monoisotopic (exact) mass is 355 g/mol. The largest absolute Gasteiger partial charge is 0.544 e. The molecule has 0 fully saturated rings. The summed E-state index contributed by atoms with van der Waals surface area (Å²) in [4.78, 5) is 11.3. The van der Waals surface area contributed by atoms with Gasteiger partial charge < -0.3 is 14.3 Å². The molecule has 3 rings (SSSR count). The fourth-order valence-corrected chi connectivity index (χ4v) is 2.73. The van der Waals surface area contributed by atoms with E-state index in [0.29, 0.717) is 5.56 Å². The zero-order valence-corrected chi connectivity index (χ0v) is 13.9. The van der Waals surface area contributed by atoms with Crippen molar-refractivity contribution in [2.45, 2.75) is 12.1 Å². The molecule has 0 bridgehead atoms. The molecule has 7 heteroatoms. The average molecular weight is 355 g/mol. The number of aryl methyl sites for hydroxylation is 1. The Kier molecular flexibility index (Phi) is 4.95. The SMILES string of the molecule is Cc1ccccc1/C=C(/Sc1nnc(-c2ccc(F)cc2)o1)C(=O)[O-]. The summed E-state index contributed by atoms with van der Waals surface area (Å²) in [5.41, 5.74) is 2.23. The fourth-order valence-electron chi connectivity index (χ4n) is 2.07. The van der Waals surface area contributed by atoms with Crippen molar-refractivity contribution in [1.82, 2.24) is 10.2 Å². The highest BCUT2D eigenvalue weighted by molar-refractivity contribution is 8.03. The smallest absolute Gasteiger partial charge is 0.281 e. The molecule has 0 N–H and O–H groups in total. The van der Waals surface area contributed by atoms with E-state index in [2.05, 4.69) is 10.2 Å². The number of carbonyl (C=O) groups is 1. The molecule has 0 saturated heterocycles. The van der Waals surface area contributed by atoms with Gasteiger partial charge in [0.1, 0.15) is 5.82 Å². The second-order valence-electron chi connectivity index (χ2n) is 5.13. The van der Waals surface area contributed by atoms with Crippen molar-refractivity contribution in [2.75, 3.05) is 0 Å². The molecule has 1 aromatic heterocycles. The standard InChI is InChI=1S/C18H13FN2O3S/c1-11-4-2-3-5-13(11)10-15(17(22)23)25-18-21-20-16(24-18)12-6-8-14(19)9-7-12/h2-10H,1H3,(H,22,23)/p-1/b15-10+. The number of thioether (sulfide) groups is 1. The van der Waals surface area contributed by atoms with Gasteiger partial charge in [-0.25, -0.2) is 4.39 Å². The molecule has 3 aromatic rings. The molecule has 0 saturated carbocycles. The molecule has 0 amide bonds. The number of carbonyl (C=O) groups excluding carboxylic acids is 1. The zero-order valence-electron chi connectivity index (χ0n) is 13.1. The van der Waals surface area contributed by atoms with E-state index in [-0.39, 0.29) is 21.8 Å². The summed E-state index contributed by atoms with van der Waals surface area (Å²) in [5.74, 6) is -1.54. The predicted octanol–water partition coefficient (Wildman–Crippen LogP) is 3.07. The Labute approximate surface area is 147 Å². The third-order valence-electron chi connectivity index (χ3n) is 3.37. The molecule has 0 aliphatic rings. The molecule has 2 aromatic carbocycles. The first-order valence-electron chi connectivity index (χ1n) is 7.29. The van der Waals surface area contributed by atoms with E-state index in [4.69, 9.17) is 4.42 Å². The molecule has 25 heavy (non-hydrogen) atoms. The van der Waals surface area contributed by atoms with Crippen LogP contribution in [0.2, 0.25) is 0 Å². The zero-order chi connectivity index (χ0) is 17.8. The summed E-state index contributed by atoms with van der Waals surface area (Å²) in [5, 5.41) is 19.1. The van der Waals surface area contributed by atoms with Crippen molar-refractivity contribution in [3.8, 4) is 11.5 Å². The number of nitrogens with zero attached hydrogens (tertiary/aromatic N) is 2. The van der Waals surface area contributed by atoms with Crippen LogP contribution in [0.3, 0.4) is 0 Å². The van der Waals surface area contributed by atoms with Crippen LogP contribution in [-0.2, 0) is 4.79 Å². The van der Waals surface area contributed by atoms with Crippen LogP contribution in [0.15, 0.2) is 63.1 Å². The third-order valence-corrected chi connectivity index (χ3v) is 4.22. The molecule has 126 valence electrons. The fraction of sp³-hybridized carbons (Fsp3) is 0.0556. The lowest BCUT2D eigenvalue weighted by Crippen LogP contribution is -2.23. The van der Waals surface area contributed by atoms with Gasteiger partial charge in [0, 0.05) is 10.5 Å². The van der Waals surface area contributed by atoms with Gasteiger partial charge in [-0.15, -0.1) is 10.2 Å². The van der Waals surface area contributed by atoms with E-state index in [1.807, 2.05) is 25.1 Å². The van der Waals surface area contributed by atoms with Gasteiger partial charge in [-0.05, 0) is 60.2 Å². The maximum absolute atomic E-state index is 13.0. The van der Waals surface area contributed by atoms with Crippen LogP contribution in [0.4, 0.5) is 4.39 Å². The van der Waals surface area contributed by atoms with Crippen molar-refractivity contribution >= 4 is 23.8 Å². The number of hydrogen-bond donors (Lipinski definition) is 0. The number of hydrogen-bond acceptors (Lipinski definition) is 6. The number of halogens is 1. The Hall–Kier alpha value is -2.93. The van der Waals surface area contributed by atoms with Gasteiger partial charge in [0.05, 0.1) is 5.97 Å². The van der Waals surface area contributed by atoms with Crippen molar-refractivity contribution in [1.29, 1.82) is 0 Å². The van der Waals surface area contributed by atoms with E-state index in [1.165, 1.54) is 30.3 Å². The molecule has 1 heterocycles. The van der Waals surface area contributed by atoms with E-state index >= 15 is 0 Å². The quantitative estimate of drug-likeness (QED) is 0.517. The van der Waals surface area contributed by atoms with Crippen molar-refractivity contribution < 1.29 is 18.7 Å². The van der Waals surface area contributed by atoms with Crippen molar-refractivity contribution in [2.24, 2.45) is 0 Å². The summed E-state index contributed by atoms with van der Waals surface area (Å²) in [6.45, 7) is 1.88. The Bertz CT molecular complexity index is 936. The van der Waals surface area contributed by atoms with E-state index < -0.39 is 5.97 Å². The molecular weight excluding hydrogens is 343 g/mol. The average Bonchev–Trinajstić information content (AvgIpc) is 3.05. The van der Waals surface area contributed by atoms with Gasteiger partial charge in [-0.2, -0.15) is 0 Å². The van der Waals surface area contributed by atoms with Crippen molar-refractivity contribution in [3.05, 3.63) is 70.4 Å². The minimum atomic E-state index is -1.34. The molecular formula is C18H12FN2O3S-. The predicted molar refractivity (Wildman–Crippen MR) is 89.7 cm³/mol. The number of rotatable bonds is 5. The molecule has 5 nitrogen and oxygen atoms in total. The Morgan fingerprint density at radius 2 is 1.88 bits per heavy atom. The first kappa shape index (κ1) is 16.9. The normalized spacial score (nSPS) is 11.5. The van der Waals surface area contributed by atoms with Crippen LogP contribution in [0.5, 0.6) is 0 Å². The van der Waals surface area contributed by atoms with Gasteiger partial charge >= 0.3 is 0 Å². The van der Waals surface area contributed by atoms with Gasteiger partial charge in [-0.3, -0.25) is 0 Å². The number of carboxylic acid groups (broad SMARTS) is 1. The minimum absolute atomic E-state index is 0.0522. The summed E-state index contributed by atoms with van der Waals surface area (Å²) >= 11 is 0.804. The molecule has 0 atom stereocenters. The Balaban J connectivity index is 1.85. The third kappa shape index (κ3) is 4.13. The minimum Gasteiger partial charge on any atom is -0.544 e.